The van der Waals surface area contributed by atoms with E-state index >= 15 is 0 Å². The van der Waals surface area contributed by atoms with E-state index in [0.717, 1.165) is 36.7 Å². The highest BCUT2D eigenvalue weighted by molar-refractivity contribution is 5.48. The van der Waals surface area contributed by atoms with Crippen LogP contribution < -0.4 is 10.1 Å². The molecule has 0 unspecified atom stereocenters. The van der Waals surface area contributed by atoms with Gasteiger partial charge in [-0.05, 0) is 25.5 Å². The van der Waals surface area contributed by atoms with Gasteiger partial charge in [0.2, 0.25) is 0 Å². The molecule has 106 valence electrons. The molecule has 0 fully saturated rings. The lowest BCUT2D eigenvalue weighted by Crippen LogP contribution is -2.08. The molecule has 0 bridgehead atoms. The Balaban J connectivity index is 2.02. The van der Waals surface area contributed by atoms with Crippen molar-refractivity contribution in [2.45, 2.75) is 33.3 Å². The Hall–Kier alpha value is -2.24. The van der Waals surface area contributed by atoms with Crippen molar-refractivity contribution in [3.8, 4) is 5.75 Å². The maximum absolute atomic E-state index is 5.72. The van der Waals surface area contributed by atoms with Crippen LogP contribution in [0.2, 0.25) is 0 Å². The van der Waals surface area contributed by atoms with Gasteiger partial charge in [0.05, 0.1) is 6.20 Å². The molecular formula is C14H19N5O. The normalized spacial score (nSPS) is 10.3. The van der Waals surface area contributed by atoms with Gasteiger partial charge < -0.3 is 10.1 Å². The van der Waals surface area contributed by atoms with Gasteiger partial charge in [-0.25, -0.2) is 9.97 Å². The van der Waals surface area contributed by atoms with Gasteiger partial charge in [0.15, 0.2) is 11.6 Å². The summed E-state index contributed by atoms with van der Waals surface area (Å²) in [6.45, 7) is 5.23. The lowest BCUT2D eigenvalue weighted by molar-refractivity contribution is 0.298. The molecule has 0 aromatic carbocycles. The predicted octanol–water partition coefficient (Wildman–Crippen LogP) is 2.37. The smallest absolute Gasteiger partial charge is 0.180 e. The van der Waals surface area contributed by atoms with Crippen LogP contribution in [0.4, 0.5) is 5.82 Å². The van der Waals surface area contributed by atoms with Crippen LogP contribution in [0.25, 0.3) is 0 Å². The van der Waals surface area contributed by atoms with Gasteiger partial charge in [-0.3, -0.25) is 0 Å². The summed E-state index contributed by atoms with van der Waals surface area (Å²) in [5.74, 6) is 2.09. The molecule has 20 heavy (non-hydrogen) atoms. The minimum Gasteiger partial charge on any atom is -0.482 e. The van der Waals surface area contributed by atoms with Crippen molar-refractivity contribution in [1.82, 2.24) is 20.2 Å². The number of anilines is 1. The SMILES string of the molecule is CCCCNc1nc(C)ncc1OCc1cccnn1. The number of hydrogen-bond acceptors (Lipinski definition) is 6. The Kier molecular flexibility index (Phi) is 5.23. The predicted molar refractivity (Wildman–Crippen MR) is 76.5 cm³/mol. The second-order valence-electron chi connectivity index (χ2n) is 4.41. The van der Waals surface area contributed by atoms with Crippen molar-refractivity contribution in [1.29, 1.82) is 0 Å². The first-order valence-electron chi connectivity index (χ1n) is 6.76. The summed E-state index contributed by atoms with van der Waals surface area (Å²) in [6.07, 6.45) is 5.54. The Morgan fingerprint density at radius 1 is 1.35 bits per heavy atom. The molecule has 2 heterocycles. The zero-order valence-electron chi connectivity index (χ0n) is 11.8. The van der Waals surface area contributed by atoms with Crippen molar-refractivity contribution in [2.75, 3.05) is 11.9 Å². The largest absolute Gasteiger partial charge is 0.482 e. The number of nitrogens with zero attached hydrogens (tertiary/aromatic N) is 4. The van der Waals surface area contributed by atoms with Crippen molar-refractivity contribution in [3.05, 3.63) is 36.0 Å². The number of nitrogens with one attached hydrogen (secondary N) is 1. The van der Waals surface area contributed by atoms with E-state index in [1.807, 2.05) is 19.1 Å². The van der Waals surface area contributed by atoms with E-state index in [1.165, 1.54) is 0 Å². The first-order chi connectivity index (χ1) is 9.79. The van der Waals surface area contributed by atoms with E-state index in [0.29, 0.717) is 12.4 Å². The van der Waals surface area contributed by atoms with Gasteiger partial charge in [0.1, 0.15) is 18.1 Å². The lowest BCUT2D eigenvalue weighted by Gasteiger charge is -2.11. The quantitative estimate of drug-likeness (QED) is 0.781. The van der Waals surface area contributed by atoms with Crippen molar-refractivity contribution >= 4 is 5.82 Å². The standard InChI is InChI=1S/C14H19N5O/c1-3-4-7-15-14-13(9-16-11(2)18-14)20-10-12-6-5-8-17-19-12/h5-6,8-9H,3-4,7,10H2,1-2H3,(H,15,16,18). The molecule has 0 aliphatic rings. The van der Waals surface area contributed by atoms with E-state index in [4.69, 9.17) is 4.74 Å². The topological polar surface area (TPSA) is 72.8 Å². The first-order valence-corrected chi connectivity index (χ1v) is 6.76. The van der Waals surface area contributed by atoms with Crippen LogP contribution in [0.15, 0.2) is 24.5 Å². The van der Waals surface area contributed by atoms with Gasteiger partial charge in [0, 0.05) is 12.7 Å². The maximum atomic E-state index is 5.72. The average molecular weight is 273 g/mol. The van der Waals surface area contributed by atoms with Crippen molar-refractivity contribution in [3.63, 3.8) is 0 Å². The summed E-state index contributed by atoms with van der Waals surface area (Å²) >= 11 is 0. The van der Waals surface area contributed by atoms with E-state index in [9.17, 15) is 0 Å². The third-order valence-electron chi connectivity index (χ3n) is 2.70. The molecule has 0 spiro atoms. The molecular weight excluding hydrogens is 254 g/mol. The van der Waals surface area contributed by atoms with Gasteiger partial charge >= 0.3 is 0 Å². The summed E-state index contributed by atoms with van der Waals surface area (Å²) < 4.78 is 5.72. The Labute approximate surface area is 118 Å². The van der Waals surface area contributed by atoms with Crippen LogP contribution >= 0.6 is 0 Å². The number of hydrogen-bond donors (Lipinski definition) is 1. The molecule has 0 aliphatic heterocycles. The van der Waals surface area contributed by atoms with E-state index in [2.05, 4.69) is 32.4 Å². The van der Waals surface area contributed by atoms with Crippen molar-refractivity contribution in [2.24, 2.45) is 0 Å². The number of unbranched alkanes of at least 4 members (excludes halogenated alkanes) is 1. The molecule has 0 radical (unpaired) electrons. The molecule has 0 amide bonds. The molecule has 0 atom stereocenters. The highest BCUT2D eigenvalue weighted by Crippen LogP contribution is 2.21. The minimum atomic E-state index is 0.350. The van der Waals surface area contributed by atoms with Gasteiger partial charge in [-0.15, -0.1) is 0 Å². The third-order valence-corrected chi connectivity index (χ3v) is 2.70. The number of aromatic nitrogens is 4. The van der Waals surface area contributed by atoms with Crippen LogP contribution in [-0.2, 0) is 6.61 Å². The Bertz CT molecular complexity index is 532. The molecule has 1 N–H and O–H groups in total. The Morgan fingerprint density at radius 2 is 2.25 bits per heavy atom. The second-order valence-corrected chi connectivity index (χ2v) is 4.41. The van der Waals surface area contributed by atoms with Gasteiger partial charge in [0.25, 0.3) is 0 Å². The average Bonchev–Trinajstić information content (AvgIpc) is 2.48. The maximum Gasteiger partial charge on any atom is 0.180 e. The van der Waals surface area contributed by atoms with Crippen molar-refractivity contribution < 1.29 is 4.74 Å². The summed E-state index contributed by atoms with van der Waals surface area (Å²) in [5, 5.41) is 11.1. The fraction of sp³-hybridized carbons (Fsp3) is 0.429. The fourth-order valence-electron chi connectivity index (χ4n) is 1.64. The molecule has 0 saturated carbocycles. The number of ether oxygens (including phenoxy) is 1. The minimum absolute atomic E-state index is 0.350. The third kappa shape index (κ3) is 4.15. The molecule has 2 aromatic heterocycles. The fourth-order valence-corrected chi connectivity index (χ4v) is 1.64. The highest BCUT2D eigenvalue weighted by atomic mass is 16.5. The van der Waals surface area contributed by atoms with E-state index in [1.54, 1.807) is 12.4 Å². The monoisotopic (exact) mass is 273 g/mol. The zero-order chi connectivity index (χ0) is 14.2. The number of aryl methyl sites for hydroxylation is 1. The Morgan fingerprint density at radius 3 is 3.00 bits per heavy atom. The summed E-state index contributed by atoms with van der Waals surface area (Å²) in [7, 11) is 0. The van der Waals surface area contributed by atoms with Gasteiger partial charge in [-0.2, -0.15) is 10.2 Å². The molecule has 6 nitrogen and oxygen atoms in total. The molecule has 0 saturated heterocycles. The molecule has 6 heteroatoms. The highest BCUT2D eigenvalue weighted by Gasteiger charge is 2.07. The molecule has 2 rings (SSSR count). The van der Waals surface area contributed by atoms with Crippen LogP contribution in [-0.4, -0.2) is 26.7 Å². The summed E-state index contributed by atoms with van der Waals surface area (Å²) in [4.78, 5) is 8.54. The number of rotatable bonds is 7. The van der Waals surface area contributed by atoms with E-state index in [-0.39, 0.29) is 0 Å². The lowest BCUT2D eigenvalue weighted by atomic mass is 10.3. The first kappa shape index (κ1) is 14.2. The van der Waals surface area contributed by atoms with Crippen LogP contribution in [0.3, 0.4) is 0 Å². The van der Waals surface area contributed by atoms with E-state index < -0.39 is 0 Å². The van der Waals surface area contributed by atoms with Gasteiger partial charge in [-0.1, -0.05) is 13.3 Å². The zero-order valence-corrected chi connectivity index (χ0v) is 11.8. The van der Waals surface area contributed by atoms with Crippen LogP contribution in [0.1, 0.15) is 31.3 Å². The summed E-state index contributed by atoms with van der Waals surface area (Å²) in [5.41, 5.74) is 0.771. The summed E-state index contributed by atoms with van der Waals surface area (Å²) in [6, 6.07) is 3.70. The van der Waals surface area contributed by atoms with Crippen LogP contribution in [0.5, 0.6) is 5.75 Å². The second kappa shape index (κ2) is 7.37. The van der Waals surface area contributed by atoms with Crippen LogP contribution in [0, 0.1) is 6.92 Å². The molecule has 0 aliphatic carbocycles. The molecule has 2 aromatic rings.